The van der Waals surface area contributed by atoms with Crippen molar-refractivity contribution in [1.82, 2.24) is 4.72 Å². The van der Waals surface area contributed by atoms with Crippen LogP contribution in [0.2, 0.25) is 0 Å². The van der Waals surface area contributed by atoms with Crippen molar-refractivity contribution in [1.29, 1.82) is 0 Å². The minimum atomic E-state index is -3.88. The summed E-state index contributed by atoms with van der Waals surface area (Å²) >= 11 is 0. The van der Waals surface area contributed by atoms with Gasteiger partial charge in [0.05, 0.1) is 23.3 Å². The highest BCUT2D eigenvalue weighted by molar-refractivity contribution is 7.89. The van der Waals surface area contributed by atoms with Crippen molar-refractivity contribution in [2.24, 2.45) is 0 Å². The summed E-state index contributed by atoms with van der Waals surface area (Å²) in [5.41, 5.74) is 1.23. The predicted octanol–water partition coefficient (Wildman–Crippen LogP) is 1.24. The monoisotopic (exact) mass is 420 g/mol. The molecule has 0 unspecified atom stereocenters. The number of sulfonamides is 1. The van der Waals surface area contributed by atoms with Gasteiger partial charge < -0.3 is 14.8 Å². The first-order chi connectivity index (χ1) is 13.7. The number of hydrogen-bond acceptors (Lipinski definition) is 7. The van der Waals surface area contributed by atoms with Gasteiger partial charge in [-0.15, -0.1) is 0 Å². The molecule has 0 aliphatic heterocycles. The Hall–Kier alpha value is -3.24. The molecule has 2 N–H and O–H groups in total. The summed E-state index contributed by atoms with van der Waals surface area (Å²) < 4.78 is 35.7. The average Bonchev–Trinajstić information content (AvgIpc) is 2.71. The van der Waals surface area contributed by atoms with E-state index in [1.54, 1.807) is 24.3 Å². The molecule has 0 radical (unpaired) electrons. The number of nitrogens with one attached hydrogen (secondary N) is 2. The molecule has 0 aliphatic rings. The molecular formula is C19H20N2O7S. The number of benzene rings is 2. The Morgan fingerprint density at radius 1 is 1.00 bits per heavy atom. The van der Waals surface area contributed by atoms with Crippen LogP contribution in [0.5, 0.6) is 0 Å². The zero-order valence-corrected chi connectivity index (χ0v) is 16.6. The number of ether oxygens (including phenoxy) is 2. The van der Waals surface area contributed by atoms with Gasteiger partial charge in [0.15, 0.2) is 6.61 Å². The highest BCUT2D eigenvalue weighted by Gasteiger charge is 2.17. The van der Waals surface area contributed by atoms with Crippen LogP contribution in [0.3, 0.4) is 0 Å². The molecule has 0 spiro atoms. The predicted molar refractivity (Wildman–Crippen MR) is 104 cm³/mol. The lowest BCUT2D eigenvalue weighted by Crippen LogP contribution is -2.32. The summed E-state index contributed by atoms with van der Waals surface area (Å²) in [4.78, 5) is 35.4. The number of rotatable bonds is 8. The van der Waals surface area contributed by atoms with Crippen LogP contribution in [-0.4, -0.2) is 46.5 Å². The standard InChI is InChI=1S/C19H20N2O7S/c1-13-7-9-14(10-8-13)29(25,26)20-11-18(23)28-12-17(22)21-16-6-4-3-5-15(16)19(24)27-2/h3-10,20H,11-12H2,1-2H3,(H,21,22). The van der Waals surface area contributed by atoms with Gasteiger partial charge in [0.1, 0.15) is 6.54 Å². The number of carbonyl (C=O) groups excluding carboxylic acids is 3. The molecule has 0 aliphatic carbocycles. The first-order valence-corrected chi connectivity index (χ1v) is 9.90. The number of hydrogen-bond donors (Lipinski definition) is 2. The molecule has 0 saturated heterocycles. The lowest BCUT2D eigenvalue weighted by molar-refractivity contribution is -0.146. The Bertz CT molecular complexity index is 1000. The van der Waals surface area contributed by atoms with E-state index in [0.29, 0.717) is 0 Å². The fraction of sp³-hybridized carbons (Fsp3) is 0.211. The van der Waals surface area contributed by atoms with E-state index in [0.717, 1.165) is 5.56 Å². The summed E-state index contributed by atoms with van der Waals surface area (Å²) in [6.45, 7) is 0.526. The minimum Gasteiger partial charge on any atom is -0.465 e. The van der Waals surface area contributed by atoms with E-state index in [2.05, 4.69) is 14.8 Å². The van der Waals surface area contributed by atoms with Crippen molar-refractivity contribution in [3.05, 3.63) is 59.7 Å². The van der Waals surface area contributed by atoms with Crippen molar-refractivity contribution < 1.29 is 32.3 Å². The zero-order valence-electron chi connectivity index (χ0n) is 15.8. The molecule has 2 rings (SSSR count). The number of methoxy groups -OCH3 is 1. The van der Waals surface area contributed by atoms with Gasteiger partial charge in [-0.2, -0.15) is 4.72 Å². The fourth-order valence-corrected chi connectivity index (χ4v) is 3.19. The fourth-order valence-electron chi connectivity index (χ4n) is 2.22. The molecule has 9 nitrogen and oxygen atoms in total. The van der Waals surface area contributed by atoms with Crippen molar-refractivity contribution in [2.75, 3.05) is 25.6 Å². The van der Waals surface area contributed by atoms with E-state index in [1.807, 2.05) is 6.92 Å². The third-order valence-corrected chi connectivity index (χ3v) is 5.13. The van der Waals surface area contributed by atoms with Crippen LogP contribution in [0.4, 0.5) is 5.69 Å². The Kier molecular flexibility index (Phi) is 7.46. The van der Waals surface area contributed by atoms with Crippen LogP contribution < -0.4 is 10.0 Å². The average molecular weight is 420 g/mol. The van der Waals surface area contributed by atoms with Gasteiger partial charge in [0.25, 0.3) is 5.91 Å². The van der Waals surface area contributed by atoms with Gasteiger partial charge >= 0.3 is 11.9 Å². The topological polar surface area (TPSA) is 128 Å². The number of amides is 1. The maximum absolute atomic E-state index is 12.1. The van der Waals surface area contributed by atoms with E-state index >= 15 is 0 Å². The third kappa shape index (κ3) is 6.40. The van der Waals surface area contributed by atoms with E-state index < -0.39 is 41.0 Å². The van der Waals surface area contributed by atoms with Crippen molar-refractivity contribution in [2.45, 2.75) is 11.8 Å². The Morgan fingerprint density at radius 3 is 2.31 bits per heavy atom. The molecule has 154 valence electrons. The molecule has 0 saturated carbocycles. The van der Waals surface area contributed by atoms with Crippen molar-refractivity contribution in [3.63, 3.8) is 0 Å². The Labute approximate surface area is 168 Å². The zero-order chi connectivity index (χ0) is 21.4. The third-order valence-electron chi connectivity index (χ3n) is 3.71. The summed E-state index contributed by atoms with van der Waals surface area (Å²) in [7, 11) is -2.67. The number of carbonyl (C=O) groups is 3. The van der Waals surface area contributed by atoms with Crippen LogP contribution in [0.1, 0.15) is 15.9 Å². The van der Waals surface area contributed by atoms with Gasteiger partial charge in [-0.3, -0.25) is 9.59 Å². The second kappa shape index (κ2) is 9.80. The quantitative estimate of drug-likeness (QED) is 0.615. The smallest absolute Gasteiger partial charge is 0.339 e. The van der Waals surface area contributed by atoms with Gasteiger partial charge in [0.2, 0.25) is 10.0 Å². The Balaban J connectivity index is 1.86. The van der Waals surface area contributed by atoms with Gasteiger partial charge in [-0.05, 0) is 31.2 Å². The maximum atomic E-state index is 12.1. The first kappa shape index (κ1) is 22.1. The largest absolute Gasteiger partial charge is 0.465 e. The molecule has 0 fully saturated rings. The molecule has 29 heavy (non-hydrogen) atoms. The normalized spacial score (nSPS) is 10.8. The van der Waals surface area contributed by atoms with Crippen LogP contribution >= 0.6 is 0 Å². The number of para-hydroxylation sites is 1. The summed E-state index contributed by atoms with van der Waals surface area (Å²) in [5, 5.41) is 2.43. The van der Waals surface area contributed by atoms with E-state index in [9.17, 15) is 22.8 Å². The van der Waals surface area contributed by atoms with Crippen molar-refractivity contribution in [3.8, 4) is 0 Å². The number of aryl methyl sites for hydroxylation is 1. The summed E-state index contributed by atoms with van der Waals surface area (Å²) in [6, 6.07) is 12.2. The number of anilines is 1. The van der Waals surface area contributed by atoms with Crippen LogP contribution in [0.25, 0.3) is 0 Å². The molecule has 10 heteroatoms. The molecule has 1 amide bonds. The van der Waals surface area contributed by atoms with E-state index in [1.165, 1.54) is 31.4 Å². The van der Waals surface area contributed by atoms with Crippen LogP contribution in [0, 0.1) is 6.92 Å². The molecule has 0 heterocycles. The van der Waals surface area contributed by atoms with E-state index in [-0.39, 0.29) is 16.1 Å². The summed E-state index contributed by atoms with van der Waals surface area (Å²) in [5.74, 6) is -2.27. The highest BCUT2D eigenvalue weighted by Crippen LogP contribution is 2.16. The van der Waals surface area contributed by atoms with E-state index in [4.69, 9.17) is 4.74 Å². The Morgan fingerprint density at radius 2 is 1.66 bits per heavy atom. The minimum absolute atomic E-state index is 0.00746. The van der Waals surface area contributed by atoms with Gasteiger partial charge in [-0.25, -0.2) is 13.2 Å². The molecule has 0 atom stereocenters. The maximum Gasteiger partial charge on any atom is 0.339 e. The summed E-state index contributed by atoms with van der Waals surface area (Å²) in [6.07, 6.45) is 0. The SMILES string of the molecule is COC(=O)c1ccccc1NC(=O)COC(=O)CNS(=O)(=O)c1ccc(C)cc1. The van der Waals surface area contributed by atoms with Gasteiger partial charge in [-0.1, -0.05) is 29.8 Å². The van der Waals surface area contributed by atoms with Crippen LogP contribution in [0.15, 0.2) is 53.4 Å². The van der Waals surface area contributed by atoms with Gasteiger partial charge in [0, 0.05) is 0 Å². The second-order valence-corrected chi connectivity index (χ2v) is 7.65. The lowest BCUT2D eigenvalue weighted by Gasteiger charge is -2.10. The lowest BCUT2D eigenvalue weighted by atomic mass is 10.2. The molecule has 2 aromatic rings. The molecule has 0 aromatic heterocycles. The van der Waals surface area contributed by atoms with Crippen molar-refractivity contribution >= 4 is 33.6 Å². The highest BCUT2D eigenvalue weighted by atomic mass is 32.2. The second-order valence-electron chi connectivity index (χ2n) is 5.88. The van der Waals surface area contributed by atoms with Crippen LogP contribution in [-0.2, 0) is 29.1 Å². The molecular weight excluding hydrogens is 400 g/mol. The first-order valence-electron chi connectivity index (χ1n) is 8.42. The molecule has 2 aromatic carbocycles. The number of esters is 2. The molecule has 0 bridgehead atoms.